The van der Waals surface area contributed by atoms with Gasteiger partial charge < -0.3 is 15.2 Å². The van der Waals surface area contributed by atoms with Gasteiger partial charge in [0.25, 0.3) is 0 Å². The smallest absolute Gasteiger partial charge is 0.246 e. The number of pyridine rings is 1. The predicted molar refractivity (Wildman–Crippen MR) is 145 cm³/mol. The van der Waals surface area contributed by atoms with E-state index in [4.69, 9.17) is 4.98 Å². The zero-order chi connectivity index (χ0) is 25.2. The highest BCUT2D eigenvalue weighted by atomic mass is 16.2. The van der Waals surface area contributed by atoms with E-state index < -0.39 is 0 Å². The van der Waals surface area contributed by atoms with Crippen molar-refractivity contribution in [2.45, 2.75) is 32.2 Å². The fraction of sp³-hybridized carbons (Fsp3) is 0.241. The number of fused-ring (bicyclic) bond motifs is 2. The minimum atomic E-state index is 0.0533. The van der Waals surface area contributed by atoms with Crippen molar-refractivity contribution in [3.05, 3.63) is 95.7 Å². The summed E-state index contributed by atoms with van der Waals surface area (Å²) in [5.74, 6) is 1.26. The number of aromatic nitrogens is 5. The van der Waals surface area contributed by atoms with Crippen molar-refractivity contribution in [3.8, 4) is 0 Å². The first-order chi connectivity index (χ1) is 18.2. The number of carbonyl (C=O) groups excluding carboxylic acids is 1. The molecule has 4 aromatic heterocycles. The van der Waals surface area contributed by atoms with Gasteiger partial charge in [-0.15, -0.1) is 0 Å². The molecule has 8 heteroatoms. The second-order valence-electron chi connectivity index (χ2n) is 9.57. The zero-order valence-electron chi connectivity index (χ0n) is 20.8. The molecule has 2 N–H and O–H groups in total. The molecule has 1 amide bonds. The van der Waals surface area contributed by atoms with Gasteiger partial charge in [-0.1, -0.05) is 24.3 Å². The summed E-state index contributed by atoms with van der Waals surface area (Å²) in [5.41, 5.74) is 6.16. The number of piperidine rings is 1. The average molecular weight is 492 g/mol. The number of hydrogen-bond donors (Lipinski definition) is 2. The number of nitrogens with zero attached hydrogens (tertiary/aromatic N) is 5. The predicted octanol–water partition coefficient (Wildman–Crippen LogP) is 4.95. The molecule has 5 heterocycles. The molecule has 1 aliphatic heterocycles. The SMILES string of the molecule is Cc1cnn2c(NCc3cccnc3)cc(C3CCN(C(=O)/C=C/c4c[nH]c5ccccc45)CC3)nc12. The van der Waals surface area contributed by atoms with Crippen molar-refractivity contribution in [1.82, 2.24) is 29.5 Å². The number of rotatable bonds is 6. The molecule has 0 saturated carbocycles. The molecule has 186 valence electrons. The molecule has 6 rings (SSSR count). The van der Waals surface area contributed by atoms with E-state index in [-0.39, 0.29) is 5.91 Å². The van der Waals surface area contributed by atoms with Crippen molar-refractivity contribution < 1.29 is 4.79 Å². The third kappa shape index (κ3) is 4.70. The van der Waals surface area contributed by atoms with Crippen LogP contribution in [-0.2, 0) is 11.3 Å². The van der Waals surface area contributed by atoms with Gasteiger partial charge in [-0.05, 0) is 49.1 Å². The highest BCUT2D eigenvalue weighted by molar-refractivity contribution is 5.96. The normalized spacial score (nSPS) is 14.7. The van der Waals surface area contributed by atoms with E-state index in [0.717, 1.165) is 57.6 Å². The van der Waals surface area contributed by atoms with Crippen LogP contribution in [0.25, 0.3) is 22.6 Å². The maximum absolute atomic E-state index is 12.9. The molecule has 0 atom stereocenters. The zero-order valence-corrected chi connectivity index (χ0v) is 20.8. The van der Waals surface area contributed by atoms with E-state index in [1.807, 2.05) is 71.3 Å². The van der Waals surface area contributed by atoms with E-state index in [0.29, 0.717) is 25.6 Å². The van der Waals surface area contributed by atoms with Crippen molar-refractivity contribution in [1.29, 1.82) is 0 Å². The van der Waals surface area contributed by atoms with E-state index in [1.165, 1.54) is 0 Å². The maximum Gasteiger partial charge on any atom is 0.246 e. The number of para-hydroxylation sites is 1. The number of carbonyl (C=O) groups is 1. The Labute approximate surface area is 215 Å². The van der Waals surface area contributed by atoms with Gasteiger partial charge in [0.15, 0.2) is 5.65 Å². The molecule has 0 unspecified atom stereocenters. The summed E-state index contributed by atoms with van der Waals surface area (Å²) in [6, 6.07) is 14.2. The molecule has 0 bridgehead atoms. The van der Waals surface area contributed by atoms with Crippen molar-refractivity contribution in [3.63, 3.8) is 0 Å². The van der Waals surface area contributed by atoms with E-state index in [9.17, 15) is 4.79 Å². The topological polar surface area (TPSA) is 91.2 Å². The number of amides is 1. The summed E-state index contributed by atoms with van der Waals surface area (Å²) >= 11 is 0. The Balaban J connectivity index is 1.15. The molecule has 37 heavy (non-hydrogen) atoms. The summed E-state index contributed by atoms with van der Waals surface area (Å²) in [6.07, 6.45) is 12.8. The monoisotopic (exact) mass is 491 g/mol. The Bertz CT molecular complexity index is 1580. The van der Waals surface area contributed by atoms with Gasteiger partial charge in [-0.3, -0.25) is 9.78 Å². The second kappa shape index (κ2) is 9.89. The Kier molecular flexibility index (Phi) is 6.14. The Morgan fingerprint density at radius 2 is 2.03 bits per heavy atom. The molecule has 0 spiro atoms. The van der Waals surface area contributed by atoms with E-state index in [2.05, 4.69) is 32.5 Å². The van der Waals surface area contributed by atoms with Gasteiger partial charge in [0.05, 0.1) is 6.20 Å². The van der Waals surface area contributed by atoms with Crippen LogP contribution in [0.4, 0.5) is 5.82 Å². The van der Waals surface area contributed by atoms with Crippen molar-refractivity contribution >= 4 is 34.4 Å². The average Bonchev–Trinajstić information content (AvgIpc) is 3.54. The molecule has 0 aliphatic carbocycles. The first-order valence-corrected chi connectivity index (χ1v) is 12.7. The molecule has 1 aromatic carbocycles. The lowest BCUT2D eigenvalue weighted by molar-refractivity contribution is -0.126. The summed E-state index contributed by atoms with van der Waals surface area (Å²) < 4.78 is 1.86. The number of aromatic amines is 1. The third-order valence-corrected chi connectivity index (χ3v) is 7.12. The number of benzene rings is 1. The maximum atomic E-state index is 12.9. The van der Waals surface area contributed by atoms with Crippen LogP contribution in [0.1, 0.15) is 41.1 Å². The lowest BCUT2D eigenvalue weighted by atomic mass is 9.93. The van der Waals surface area contributed by atoms with Crippen LogP contribution in [0.3, 0.4) is 0 Å². The Hall–Kier alpha value is -4.46. The number of H-pyrrole nitrogens is 1. The highest BCUT2D eigenvalue weighted by Gasteiger charge is 2.25. The van der Waals surface area contributed by atoms with Gasteiger partial charge in [-0.2, -0.15) is 9.61 Å². The number of hydrogen-bond acceptors (Lipinski definition) is 5. The first kappa shape index (κ1) is 23.0. The molecule has 1 saturated heterocycles. The number of anilines is 1. The van der Waals surface area contributed by atoms with Crippen LogP contribution in [-0.4, -0.2) is 48.5 Å². The van der Waals surface area contributed by atoms with Gasteiger partial charge in [0.1, 0.15) is 5.82 Å². The number of likely N-dealkylation sites (tertiary alicyclic amines) is 1. The molecule has 1 aliphatic rings. The van der Waals surface area contributed by atoms with E-state index in [1.54, 1.807) is 12.3 Å². The van der Waals surface area contributed by atoms with Crippen molar-refractivity contribution in [2.24, 2.45) is 0 Å². The van der Waals surface area contributed by atoms with Crippen LogP contribution < -0.4 is 5.32 Å². The van der Waals surface area contributed by atoms with Crippen LogP contribution in [0, 0.1) is 6.92 Å². The fourth-order valence-electron chi connectivity index (χ4n) is 5.02. The fourth-order valence-corrected chi connectivity index (χ4v) is 5.02. The van der Waals surface area contributed by atoms with Gasteiger partial charge in [-0.25, -0.2) is 4.98 Å². The lowest BCUT2D eigenvalue weighted by Crippen LogP contribution is -2.37. The number of aryl methyl sites for hydroxylation is 1. The summed E-state index contributed by atoms with van der Waals surface area (Å²) in [6.45, 7) is 4.11. The standard InChI is InChI=1S/C29H29N7O/c1-20-16-33-36-27(32-18-21-5-4-12-30-17-21)15-26(34-29(20)36)22-10-13-35(14-11-22)28(37)9-8-23-19-31-25-7-3-2-6-24(23)25/h2-9,12,15-17,19,22,31-32H,10-11,13-14,18H2,1H3/b9-8+. The molecular weight excluding hydrogens is 462 g/mol. The largest absolute Gasteiger partial charge is 0.366 e. The van der Waals surface area contributed by atoms with Crippen LogP contribution in [0.5, 0.6) is 0 Å². The molecule has 1 fully saturated rings. The van der Waals surface area contributed by atoms with Gasteiger partial charge in [0.2, 0.25) is 5.91 Å². The Morgan fingerprint density at radius 3 is 2.86 bits per heavy atom. The van der Waals surface area contributed by atoms with Gasteiger partial charge in [0, 0.05) is 78.4 Å². The molecular formula is C29H29N7O. The van der Waals surface area contributed by atoms with Gasteiger partial charge >= 0.3 is 0 Å². The Morgan fingerprint density at radius 1 is 1.16 bits per heavy atom. The van der Waals surface area contributed by atoms with Crippen molar-refractivity contribution in [2.75, 3.05) is 18.4 Å². The van der Waals surface area contributed by atoms with E-state index >= 15 is 0 Å². The summed E-state index contributed by atoms with van der Waals surface area (Å²) in [4.78, 5) is 27.3. The molecule has 5 aromatic rings. The minimum absolute atomic E-state index is 0.0533. The third-order valence-electron chi connectivity index (χ3n) is 7.12. The number of nitrogens with one attached hydrogen (secondary N) is 2. The van der Waals surface area contributed by atoms with Crippen LogP contribution in [0.15, 0.2) is 73.3 Å². The lowest BCUT2D eigenvalue weighted by Gasteiger charge is -2.31. The quantitative estimate of drug-likeness (QED) is 0.328. The summed E-state index contributed by atoms with van der Waals surface area (Å²) in [5, 5.41) is 9.16. The van der Waals surface area contributed by atoms with Crippen LogP contribution >= 0.6 is 0 Å². The summed E-state index contributed by atoms with van der Waals surface area (Å²) in [7, 11) is 0. The highest BCUT2D eigenvalue weighted by Crippen LogP contribution is 2.30. The molecule has 8 nitrogen and oxygen atoms in total. The molecule has 0 radical (unpaired) electrons. The first-order valence-electron chi connectivity index (χ1n) is 12.7. The van der Waals surface area contributed by atoms with Crippen LogP contribution in [0.2, 0.25) is 0 Å². The minimum Gasteiger partial charge on any atom is -0.366 e. The second-order valence-corrected chi connectivity index (χ2v) is 9.57.